The van der Waals surface area contributed by atoms with Crippen molar-refractivity contribution in [2.75, 3.05) is 0 Å². The Kier molecular flexibility index (Phi) is 6.23. The molecule has 0 aliphatic rings. The van der Waals surface area contributed by atoms with Crippen molar-refractivity contribution in [1.29, 1.82) is 0 Å². The third kappa shape index (κ3) is 4.26. The van der Waals surface area contributed by atoms with Crippen molar-refractivity contribution in [3.05, 3.63) is 170 Å². The smallest absolute Gasteiger partial charge is 0.0528 e. The zero-order chi connectivity index (χ0) is 33.5. The minimum absolute atomic E-state index is 0.220. The average Bonchev–Trinajstić information content (AvgIpc) is 3.86. The monoisotopic (exact) mass is 716 g/mol. The molecule has 11 aromatic rings. The van der Waals surface area contributed by atoms with Gasteiger partial charge in [0.05, 0.1) is 0 Å². The van der Waals surface area contributed by atoms with E-state index in [4.69, 9.17) is 9.97 Å². The Morgan fingerprint density at radius 2 is 0.902 bits per heavy atom. The summed E-state index contributed by atoms with van der Waals surface area (Å²) in [4.78, 5) is 10.5. The Morgan fingerprint density at radius 1 is 0.392 bits per heavy atom. The van der Waals surface area contributed by atoms with Crippen molar-refractivity contribution in [2.45, 2.75) is 0 Å². The maximum absolute atomic E-state index is 5.27. The number of rotatable bonds is 4. The molecule has 0 saturated carbocycles. The first-order chi connectivity index (χ1) is 25.3. The molecule has 51 heavy (non-hydrogen) atoms. The van der Waals surface area contributed by atoms with Crippen molar-refractivity contribution in [3.8, 4) is 34.2 Å². The van der Waals surface area contributed by atoms with Gasteiger partial charge in [0.1, 0.15) is 0 Å². The van der Waals surface area contributed by atoms with Crippen LogP contribution in [0.2, 0.25) is 0 Å². The van der Waals surface area contributed by atoms with Crippen LogP contribution in [-0.4, -0.2) is 33.6 Å². The number of hydrogen-bond acceptors (Lipinski definition) is 2. The van der Waals surface area contributed by atoms with Gasteiger partial charge in [0.15, 0.2) is 0 Å². The average molecular weight is 716 g/mol. The van der Waals surface area contributed by atoms with E-state index in [1.807, 2.05) is 12.1 Å². The zero-order valence-corrected chi connectivity index (χ0v) is 29.1. The fourth-order valence-electron chi connectivity index (χ4n) is 7.95. The third-order valence-electron chi connectivity index (χ3n) is 10.1. The van der Waals surface area contributed by atoms with Gasteiger partial charge in [0, 0.05) is 0 Å². The molecule has 0 atom stereocenters. The van der Waals surface area contributed by atoms with E-state index in [0.717, 1.165) is 33.5 Å². The minimum Gasteiger partial charge on any atom is -0.0616 e. The van der Waals surface area contributed by atoms with Crippen molar-refractivity contribution < 1.29 is 0 Å². The number of benzene rings is 7. The fraction of sp³-hybridized carbons (Fsp3) is 0. The van der Waals surface area contributed by atoms with Gasteiger partial charge >= 0.3 is 240 Å². The Morgan fingerprint density at radius 3 is 1.55 bits per heavy atom. The summed E-state index contributed by atoms with van der Waals surface area (Å²) < 4.78 is 7.65. The van der Waals surface area contributed by atoms with Crippen LogP contribution in [0, 0.1) is 0 Å². The zero-order valence-electron chi connectivity index (χ0n) is 27.4. The van der Waals surface area contributed by atoms with Gasteiger partial charge in [0.2, 0.25) is 0 Å². The van der Waals surface area contributed by atoms with Gasteiger partial charge in [-0.05, 0) is 0 Å². The van der Waals surface area contributed by atoms with Crippen LogP contribution in [0.25, 0.3) is 97.1 Å². The first kappa shape index (κ1) is 28.6. The van der Waals surface area contributed by atoms with Crippen molar-refractivity contribution >= 4 is 77.4 Å². The molecule has 0 amide bonds. The van der Waals surface area contributed by atoms with Crippen LogP contribution in [0.1, 0.15) is 0 Å². The van der Waals surface area contributed by atoms with Crippen LogP contribution in [0.15, 0.2) is 170 Å². The summed E-state index contributed by atoms with van der Waals surface area (Å²) in [6, 6.07) is 60.8. The van der Waals surface area contributed by atoms with E-state index in [-0.39, 0.29) is 14.5 Å². The molecule has 0 aliphatic heterocycles. The first-order valence-corrected chi connectivity index (χ1v) is 18.9. The van der Waals surface area contributed by atoms with Crippen LogP contribution in [-0.2, 0) is 0 Å². The Balaban J connectivity index is 1.25. The predicted octanol–water partition coefficient (Wildman–Crippen LogP) is 11.4. The Bertz CT molecular complexity index is 3080. The van der Waals surface area contributed by atoms with E-state index in [2.05, 4.69) is 167 Å². The van der Waals surface area contributed by atoms with Gasteiger partial charge in [-0.15, -0.1) is 0 Å². The second-order valence-electron chi connectivity index (χ2n) is 13.0. The third-order valence-corrected chi connectivity index (χ3v) is 12.7. The second-order valence-corrected chi connectivity index (χ2v) is 15.2. The van der Waals surface area contributed by atoms with Crippen molar-refractivity contribution in [2.24, 2.45) is 0 Å². The fourth-order valence-corrected chi connectivity index (χ4v) is 10.5. The van der Waals surface area contributed by atoms with E-state index in [1.54, 1.807) is 0 Å². The molecule has 238 valence electrons. The van der Waals surface area contributed by atoms with Crippen molar-refractivity contribution in [1.82, 2.24) is 19.1 Å². The van der Waals surface area contributed by atoms with Crippen molar-refractivity contribution in [3.63, 3.8) is 0 Å². The maximum atomic E-state index is 5.27. The molecule has 7 aromatic carbocycles. The molecule has 0 N–H and O–H groups in total. The molecule has 0 spiro atoms. The summed E-state index contributed by atoms with van der Waals surface area (Å²) >= 11 is 0.220. The summed E-state index contributed by atoms with van der Waals surface area (Å²) in [7, 11) is 0. The maximum Gasteiger partial charge on any atom is -0.0528 e. The number of hydrogen-bond donors (Lipinski definition) is 0. The number of aromatic nitrogens is 4. The molecule has 0 radical (unpaired) electrons. The van der Waals surface area contributed by atoms with Gasteiger partial charge in [-0.25, -0.2) is 0 Å². The van der Waals surface area contributed by atoms with Crippen LogP contribution in [0.3, 0.4) is 0 Å². The van der Waals surface area contributed by atoms with Gasteiger partial charge in [-0.2, -0.15) is 0 Å². The van der Waals surface area contributed by atoms with Gasteiger partial charge < -0.3 is 0 Å². The quantitative estimate of drug-likeness (QED) is 0.170. The summed E-state index contributed by atoms with van der Waals surface area (Å²) in [5.74, 6) is 0.658. The first-order valence-electron chi connectivity index (χ1n) is 17.2. The molecule has 11 rings (SSSR count). The second kappa shape index (κ2) is 11.1. The number of nitrogens with zero attached hydrogens (tertiary/aromatic N) is 4. The molecule has 0 fully saturated rings. The van der Waals surface area contributed by atoms with E-state index in [1.165, 1.54) is 57.6 Å². The number of fused-ring (bicyclic) bond motifs is 10. The minimum atomic E-state index is 0.220. The Labute approximate surface area is 299 Å². The van der Waals surface area contributed by atoms with E-state index in [9.17, 15) is 0 Å². The standard InChI is InChI=1S/C46H28N4Se/c1-3-14-29(15-4-1)35-28-36(30-16-5-2-6-17-30)48-46(47-35)50-38-23-11-8-20-34(38)44-40(50)27-26-39-43(44)33-19-7-10-22-37(33)49(39)41-24-13-21-32-31-18-9-12-25-42(31)51-45(32)41/h1-28H. The summed E-state index contributed by atoms with van der Waals surface area (Å²) in [6.07, 6.45) is 0. The molecular weight excluding hydrogens is 687 g/mol. The van der Waals surface area contributed by atoms with Gasteiger partial charge in [-0.3, -0.25) is 0 Å². The number of para-hydroxylation sites is 2. The molecule has 4 aromatic heterocycles. The van der Waals surface area contributed by atoms with E-state index < -0.39 is 0 Å². The topological polar surface area (TPSA) is 35.6 Å². The molecule has 0 aliphatic carbocycles. The molecule has 0 saturated heterocycles. The molecule has 0 unspecified atom stereocenters. The SMILES string of the molecule is c1ccc(-c2cc(-c3ccccc3)nc(-n3c4ccccc4c4c5c6ccccc6n(-c6cccc7c6[se]c6ccccc67)c5ccc43)n2)cc1. The summed E-state index contributed by atoms with van der Waals surface area (Å²) in [5, 5.41) is 7.62. The summed E-state index contributed by atoms with van der Waals surface area (Å²) in [5.41, 5.74) is 9.76. The molecule has 5 heteroatoms. The molecule has 4 nitrogen and oxygen atoms in total. The molecular formula is C46H28N4Se. The van der Waals surface area contributed by atoms with Crippen LogP contribution >= 0.6 is 0 Å². The molecule has 4 heterocycles. The van der Waals surface area contributed by atoms with Crippen LogP contribution in [0.5, 0.6) is 0 Å². The van der Waals surface area contributed by atoms with E-state index in [0.29, 0.717) is 5.95 Å². The van der Waals surface area contributed by atoms with Crippen LogP contribution in [0.4, 0.5) is 0 Å². The normalized spacial score (nSPS) is 11.9. The summed E-state index contributed by atoms with van der Waals surface area (Å²) in [6.45, 7) is 0. The van der Waals surface area contributed by atoms with E-state index >= 15 is 0 Å². The van der Waals surface area contributed by atoms with Gasteiger partial charge in [0.25, 0.3) is 0 Å². The van der Waals surface area contributed by atoms with Gasteiger partial charge in [-0.1, -0.05) is 60.7 Å². The molecule has 0 bridgehead atoms. The Hall–Kier alpha value is -6.26. The largest absolute Gasteiger partial charge is 0.0616 e. The predicted molar refractivity (Wildman–Crippen MR) is 214 cm³/mol. The van der Waals surface area contributed by atoms with Crippen LogP contribution < -0.4 is 0 Å².